The van der Waals surface area contributed by atoms with Crippen molar-refractivity contribution < 1.29 is 22.4 Å². The van der Waals surface area contributed by atoms with Crippen LogP contribution in [0.3, 0.4) is 0 Å². The summed E-state index contributed by atoms with van der Waals surface area (Å²) in [6, 6.07) is 10.2. The van der Waals surface area contributed by atoms with Crippen molar-refractivity contribution >= 4 is 38.3 Å². The van der Waals surface area contributed by atoms with Crippen LogP contribution < -0.4 is 19.8 Å². The van der Waals surface area contributed by atoms with E-state index in [1.165, 1.54) is 48.3 Å². The molecule has 1 N–H and O–H groups in total. The van der Waals surface area contributed by atoms with E-state index in [4.69, 9.17) is 21.1 Å². The van der Waals surface area contributed by atoms with Crippen LogP contribution in [0.15, 0.2) is 62.9 Å². The van der Waals surface area contributed by atoms with E-state index in [0.29, 0.717) is 16.6 Å². The van der Waals surface area contributed by atoms with Crippen molar-refractivity contribution in [1.29, 1.82) is 0 Å². The lowest BCUT2D eigenvalue weighted by atomic mass is 10.2. The molecule has 12 heteroatoms. The van der Waals surface area contributed by atoms with Gasteiger partial charge < -0.3 is 14.0 Å². The van der Waals surface area contributed by atoms with Gasteiger partial charge in [-0.25, -0.2) is 8.42 Å². The molecular weight excluding hydrogens is 496 g/mol. The monoisotopic (exact) mass is 516 g/mol. The number of methoxy groups -OCH3 is 1. The largest absolute Gasteiger partial charge is 0.479 e. The van der Waals surface area contributed by atoms with E-state index in [9.17, 15) is 13.2 Å². The fourth-order valence-corrected chi connectivity index (χ4v) is 5.32. The van der Waals surface area contributed by atoms with Crippen LogP contribution in [0.5, 0.6) is 11.8 Å². The summed E-state index contributed by atoms with van der Waals surface area (Å²) < 4.78 is 45.3. The molecule has 1 aromatic carbocycles. The van der Waals surface area contributed by atoms with Gasteiger partial charge in [0.2, 0.25) is 11.8 Å². The number of nitrogens with zero attached hydrogens (tertiary/aromatic N) is 3. The second-order valence-electron chi connectivity index (χ2n) is 8.05. The molecule has 10 nitrogen and oxygen atoms in total. The van der Waals surface area contributed by atoms with Gasteiger partial charge in [-0.05, 0) is 56.0 Å². The van der Waals surface area contributed by atoms with Crippen molar-refractivity contribution in [1.82, 2.24) is 14.7 Å². The number of sulfonamides is 1. The number of hydrogen-bond acceptors (Lipinski definition) is 8. The smallest absolute Gasteiger partial charge is 0.263 e. The fourth-order valence-electron chi connectivity index (χ4n) is 4.10. The Kier molecular flexibility index (Phi) is 6.12. The molecule has 1 fully saturated rings. The van der Waals surface area contributed by atoms with Crippen molar-refractivity contribution in [2.45, 2.75) is 36.7 Å². The normalized spacial score (nSPS) is 14.3. The highest BCUT2D eigenvalue weighted by molar-refractivity contribution is 7.92. The van der Waals surface area contributed by atoms with Gasteiger partial charge in [0.05, 0.1) is 17.5 Å². The molecular formula is C23H21ClN4O6S. The summed E-state index contributed by atoms with van der Waals surface area (Å²) in [5.41, 5.74) is 0.385. The van der Waals surface area contributed by atoms with E-state index in [1.807, 2.05) is 0 Å². The molecule has 0 radical (unpaired) electrons. The molecule has 3 aromatic heterocycles. The molecule has 3 heterocycles. The molecule has 4 aromatic rings. The number of hydrogen-bond donors (Lipinski definition) is 1. The van der Waals surface area contributed by atoms with Crippen LogP contribution in [0.2, 0.25) is 5.02 Å². The van der Waals surface area contributed by atoms with Gasteiger partial charge in [-0.3, -0.25) is 14.1 Å². The fraction of sp³-hybridized carbons (Fsp3) is 0.261. The molecule has 5 rings (SSSR count). The maximum Gasteiger partial charge on any atom is 0.263 e. The molecule has 0 saturated heterocycles. The van der Waals surface area contributed by atoms with Gasteiger partial charge in [0.1, 0.15) is 23.1 Å². The van der Waals surface area contributed by atoms with Crippen molar-refractivity contribution in [3.63, 3.8) is 0 Å². The van der Waals surface area contributed by atoms with Crippen LogP contribution in [0, 0.1) is 0 Å². The first-order valence-corrected chi connectivity index (χ1v) is 12.7. The second kappa shape index (κ2) is 9.23. The third kappa shape index (κ3) is 4.56. The van der Waals surface area contributed by atoms with E-state index in [0.717, 1.165) is 25.7 Å². The van der Waals surface area contributed by atoms with Crippen LogP contribution in [0.25, 0.3) is 16.6 Å². The van der Waals surface area contributed by atoms with Crippen LogP contribution in [-0.4, -0.2) is 36.3 Å². The lowest BCUT2D eigenvalue weighted by Gasteiger charge is -2.18. The Hall–Kier alpha value is -3.57. The molecule has 1 saturated carbocycles. The first-order valence-electron chi connectivity index (χ1n) is 10.9. The standard InChI is InChI=1S/C23H21ClN4O6S/c1-32-23-19(13-17(24)22(25-23)34-15-4-2-3-5-15)28-18-8-7-16(12-14(18)6-9-21(28)29)35(30,31)27-20-10-11-33-26-20/h6-13,15H,2-5H2,1H3,(H,26,27). The number of nitrogens with one attached hydrogen (secondary N) is 1. The molecule has 0 aliphatic heterocycles. The number of fused-ring (bicyclic) bond motifs is 1. The number of ether oxygens (including phenoxy) is 2. The third-order valence-electron chi connectivity index (χ3n) is 5.76. The Morgan fingerprint density at radius 2 is 1.91 bits per heavy atom. The first kappa shape index (κ1) is 23.2. The predicted molar refractivity (Wildman–Crippen MR) is 129 cm³/mol. The van der Waals surface area contributed by atoms with E-state index < -0.39 is 10.0 Å². The quantitative estimate of drug-likeness (QED) is 0.388. The summed E-state index contributed by atoms with van der Waals surface area (Å²) >= 11 is 6.48. The molecule has 1 aliphatic carbocycles. The molecule has 0 unspecified atom stereocenters. The van der Waals surface area contributed by atoms with Gasteiger partial charge in [-0.15, -0.1) is 0 Å². The Morgan fingerprint density at radius 1 is 1.11 bits per heavy atom. The summed E-state index contributed by atoms with van der Waals surface area (Å²) in [5, 5.41) is 4.31. The van der Waals surface area contributed by atoms with Crippen molar-refractivity contribution in [2.75, 3.05) is 11.8 Å². The zero-order valence-electron chi connectivity index (χ0n) is 18.6. The van der Waals surface area contributed by atoms with Gasteiger partial charge in [-0.1, -0.05) is 16.8 Å². The van der Waals surface area contributed by atoms with Gasteiger partial charge in [0.15, 0.2) is 5.82 Å². The second-order valence-corrected chi connectivity index (χ2v) is 10.1. The van der Waals surface area contributed by atoms with Crippen molar-refractivity contribution in [3.8, 4) is 17.4 Å². The SMILES string of the molecule is COc1nc(OC2CCCC2)c(Cl)cc1-n1c(=O)ccc2cc(S(=O)(=O)Nc3ccon3)ccc21. The van der Waals surface area contributed by atoms with E-state index in [1.54, 1.807) is 12.1 Å². The summed E-state index contributed by atoms with van der Waals surface area (Å²) in [6.45, 7) is 0. The van der Waals surface area contributed by atoms with E-state index in [2.05, 4.69) is 19.4 Å². The summed E-state index contributed by atoms with van der Waals surface area (Å²) in [6.07, 6.45) is 5.35. The topological polar surface area (TPSA) is 126 Å². The highest BCUT2D eigenvalue weighted by Gasteiger charge is 2.23. The molecule has 0 amide bonds. The predicted octanol–water partition coefficient (Wildman–Crippen LogP) is 4.16. The highest BCUT2D eigenvalue weighted by Crippen LogP contribution is 2.34. The maximum atomic E-state index is 12.9. The number of pyridine rings is 2. The Morgan fingerprint density at radius 3 is 2.63 bits per heavy atom. The number of halogens is 1. The molecule has 35 heavy (non-hydrogen) atoms. The average Bonchev–Trinajstić information content (AvgIpc) is 3.54. The van der Waals surface area contributed by atoms with E-state index in [-0.39, 0.29) is 39.2 Å². The first-order chi connectivity index (χ1) is 16.9. The zero-order chi connectivity index (χ0) is 24.6. The minimum atomic E-state index is -3.93. The van der Waals surface area contributed by atoms with Crippen LogP contribution >= 0.6 is 11.6 Å². The molecule has 1 aliphatic rings. The molecule has 0 bridgehead atoms. The summed E-state index contributed by atoms with van der Waals surface area (Å²) in [5.74, 6) is 0.460. The molecule has 182 valence electrons. The number of benzene rings is 1. The third-order valence-corrected chi connectivity index (χ3v) is 7.38. The van der Waals surface area contributed by atoms with Gasteiger partial charge in [0, 0.05) is 17.5 Å². The van der Waals surface area contributed by atoms with Crippen molar-refractivity contribution in [2.24, 2.45) is 0 Å². The highest BCUT2D eigenvalue weighted by atomic mass is 35.5. The number of anilines is 1. The minimum absolute atomic E-state index is 0.0124. The Labute approximate surface area is 205 Å². The van der Waals surface area contributed by atoms with Crippen molar-refractivity contribution in [3.05, 3.63) is 64.1 Å². The van der Waals surface area contributed by atoms with Crippen LogP contribution in [0.1, 0.15) is 25.7 Å². The number of rotatable bonds is 7. The lowest BCUT2D eigenvalue weighted by Crippen LogP contribution is -2.20. The Balaban J connectivity index is 1.58. The van der Waals surface area contributed by atoms with Gasteiger partial charge in [-0.2, -0.15) is 4.98 Å². The summed E-state index contributed by atoms with van der Waals surface area (Å²) in [7, 11) is -2.49. The lowest BCUT2D eigenvalue weighted by molar-refractivity contribution is 0.199. The minimum Gasteiger partial charge on any atom is -0.479 e. The molecule has 0 atom stereocenters. The van der Waals surface area contributed by atoms with E-state index >= 15 is 0 Å². The summed E-state index contributed by atoms with van der Waals surface area (Å²) in [4.78, 5) is 17.3. The Bertz CT molecular complexity index is 1550. The zero-order valence-corrected chi connectivity index (χ0v) is 20.2. The number of aromatic nitrogens is 3. The van der Waals surface area contributed by atoms with Gasteiger partial charge >= 0.3 is 0 Å². The maximum absolute atomic E-state index is 12.9. The van der Waals surface area contributed by atoms with Crippen LogP contribution in [-0.2, 0) is 10.0 Å². The van der Waals surface area contributed by atoms with Gasteiger partial charge in [0.25, 0.3) is 15.6 Å². The van der Waals surface area contributed by atoms with Crippen LogP contribution in [0.4, 0.5) is 5.82 Å². The molecule has 0 spiro atoms. The average molecular weight is 517 g/mol.